The summed E-state index contributed by atoms with van der Waals surface area (Å²) < 4.78 is 0. The van der Waals surface area contributed by atoms with E-state index in [1.54, 1.807) is 6.07 Å². The fourth-order valence-electron chi connectivity index (χ4n) is 1.40. The van der Waals surface area contributed by atoms with Crippen LogP contribution in [0.3, 0.4) is 0 Å². The molecule has 0 saturated carbocycles. The highest BCUT2D eigenvalue weighted by Crippen LogP contribution is 2.14. The second kappa shape index (κ2) is 5.21. The third-order valence-electron chi connectivity index (χ3n) is 2.46. The van der Waals surface area contributed by atoms with Crippen LogP contribution in [0.2, 0.25) is 0 Å². The predicted octanol–water partition coefficient (Wildman–Crippen LogP) is 2.16. The average Bonchev–Trinajstić information content (AvgIpc) is 2.21. The number of nitrogens with one attached hydrogen (secondary N) is 2. The van der Waals surface area contributed by atoms with Crippen LogP contribution < -0.4 is 10.6 Å². The molecule has 0 saturated heterocycles. The molecule has 18 heavy (non-hydrogen) atoms. The van der Waals surface area contributed by atoms with Crippen LogP contribution in [0.15, 0.2) is 18.2 Å². The van der Waals surface area contributed by atoms with E-state index in [0.717, 1.165) is 11.1 Å². The average molecular weight is 248 g/mol. The van der Waals surface area contributed by atoms with Crippen LogP contribution in [0.1, 0.15) is 31.9 Å². The van der Waals surface area contributed by atoms with Crippen LogP contribution in [0.25, 0.3) is 0 Å². The molecule has 0 aliphatic rings. The Bertz CT molecular complexity index is 473. The molecule has 1 aromatic carbocycles. The Morgan fingerprint density at radius 1 is 1.00 bits per heavy atom. The van der Waals surface area contributed by atoms with Crippen molar-refractivity contribution in [1.29, 1.82) is 0 Å². The molecule has 0 unspecified atom stereocenters. The predicted molar refractivity (Wildman–Crippen MR) is 72.4 cm³/mol. The lowest BCUT2D eigenvalue weighted by Gasteiger charge is -2.19. The van der Waals surface area contributed by atoms with Crippen molar-refractivity contribution >= 4 is 17.5 Å². The molecule has 1 aromatic rings. The first-order chi connectivity index (χ1) is 8.19. The Morgan fingerprint density at radius 3 is 2.11 bits per heavy atom. The first kappa shape index (κ1) is 14.2. The molecule has 0 aromatic heterocycles. The summed E-state index contributed by atoms with van der Waals surface area (Å²) in [6.45, 7) is 9.43. The van der Waals surface area contributed by atoms with Gasteiger partial charge in [-0.25, -0.2) is 0 Å². The molecule has 2 amide bonds. The number of carbonyl (C=O) groups excluding carboxylic acids is 2. The molecule has 98 valence electrons. The first-order valence-corrected chi connectivity index (χ1v) is 5.90. The van der Waals surface area contributed by atoms with E-state index < -0.39 is 17.4 Å². The lowest BCUT2D eigenvalue weighted by atomic mass is 10.1. The molecule has 4 nitrogen and oxygen atoms in total. The molecular weight excluding hydrogens is 228 g/mol. The molecule has 0 aliphatic carbocycles. The first-order valence-electron chi connectivity index (χ1n) is 5.90. The second-order valence-corrected chi connectivity index (χ2v) is 5.46. The Balaban J connectivity index is 2.70. The second-order valence-electron chi connectivity index (χ2n) is 5.46. The quantitative estimate of drug-likeness (QED) is 0.748. The summed E-state index contributed by atoms with van der Waals surface area (Å²) in [6, 6.07) is 5.54. The molecule has 0 fully saturated rings. The van der Waals surface area contributed by atoms with E-state index in [1.807, 2.05) is 46.8 Å². The topological polar surface area (TPSA) is 58.2 Å². The van der Waals surface area contributed by atoms with Gasteiger partial charge in [0, 0.05) is 11.2 Å². The Labute approximate surface area is 108 Å². The number of rotatable bonds is 1. The third kappa shape index (κ3) is 4.20. The molecule has 2 N–H and O–H groups in total. The van der Waals surface area contributed by atoms with Crippen molar-refractivity contribution < 1.29 is 9.59 Å². The van der Waals surface area contributed by atoms with Crippen LogP contribution in [0.4, 0.5) is 5.69 Å². The SMILES string of the molecule is Cc1ccc(NC(=O)C(=O)NC(C)(C)C)cc1C. The van der Waals surface area contributed by atoms with E-state index in [2.05, 4.69) is 10.6 Å². The van der Waals surface area contributed by atoms with Crippen LogP contribution in [0, 0.1) is 13.8 Å². The third-order valence-corrected chi connectivity index (χ3v) is 2.46. The Kier molecular flexibility index (Phi) is 4.11. The highest BCUT2D eigenvalue weighted by Gasteiger charge is 2.20. The minimum Gasteiger partial charge on any atom is -0.343 e. The maximum absolute atomic E-state index is 11.7. The van der Waals surface area contributed by atoms with E-state index in [9.17, 15) is 9.59 Å². The normalized spacial score (nSPS) is 10.9. The molecular formula is C14H20N2O2. The van der Waals surface area contributed by atoms with Crippen molar-refractivity contribution in [1.82, 2.24) is 5.32 Å². The zero-order valence-corrected chi connectivity index (χ0v) is 11.5. The van der Waals surface area contributed by atoms with Crippen molar-refractivity contribution in [3.63, 3.8) is 0 Å². The van der Waals surface area contributed by atoms with Crippen molar-refractivity contribution in [2.75, 3.05) is 5.32 Å². The maximum Gasteiger partial charge on any atom is 0.313 e. The van der Waals surface area contributed by atoms with Gasteiger partial charge in [-0.3, -0.25) is 9.59 Å². The van der Waals surface area contributed by atoms with Gasteiger partial charge in [0.2, 0.25) is 0 Å². The molecule has 0 atom stereocenters. The lowest BCUT2D eigenvalue weighted by Crippen LogP contribution is -2.46. The highest BCUT2D eigenvalue weighted by molar-refractivity contribution is 6.39. The fraction of sp³-hybridized carbons (Fsp3) is 0.429. The van der Waals surface area contributed by atoms with Gasteiger partial charge in [-0.1, -0.05) is 6.07 Å². The van der Waals surface area contributed by atoms with Gasteiger partial charge in [0.25, 0.3) is 0 Å². The molecule has 0 spiro atoms. The summed E-state index contributed by atoms with van der Waals surface area (Å²) in [5, 5.41) is 5.20. The van der Waals surface area contributed by atoms with E-state index in [4.69, 9.17) is 0 Å². The van der Waals surface area contributed by atoms with E-state index >= 15 is 0 Å². The summed E-state index contributed by atoms with van der Waals surface area (Å²) >= 11 is 0. The molecule has 0 aliphatic heterocycles. The van der Waals surface area contributed by atoms with Gasteiger partial charge in [-0.2, -0.15) is 0 Å². The van der Waals surface area contributed by atoms with Crippen molar-refractivity contribution in [2.45, 2.75) is 40.2 Å². The van der Waals surface area contributed by atoms with Gasteiger partial charge in [0.15, 0.2) is 0 Å². The van der Waals surface area contributed by atoms with Crippen LogP contribution in [-0.4, -0.2) is 17.4 Å². The summed E-state index contributed by atoms with van der Waals surface area (Å²) in [4.78, 5) is 23.3. The minimum absolute atomic E-state index is 0.419. The molecule has 0 radical (unpaired) electrons. The zero-order valence-electron chi connectivity index (χ0n) is 11.5. The van der Waals surface area contributed by atoms with E-state index in [0.29, 0.717) is 5.69 Å². The Morgan fingerprint density at radius 2 is 1.61 bits per heavy atom. The van der Waals surface area contributed by atoms with Gasteiger partial charge in [0.1, 0.15) is 0 Å². The van der Waals surface area contributed by atoms with Crippen LogP contribution >= 0.6 is 0 Å². The maximum atomic E-state index is 11.7. The van der Waals surface area contributed by atoms with Gasteiger partial charge in [-0.05, 0) is 57.9 Å². The fourth-order valence-corrected chi connectivity index (χ4v) is 1.40. The van der Waals surface area contributed by atoms with Crippen molar-refractivity contribution in [3.8, 4) is 0 Å². The summed E-state index contributed by atoms with van der Waals surface area (Å²) in [5.74, 6) is -1.27. The van der Waals surface area contributed by atoms with E-state index in [-0.39, 0.29) is 0 Å². The summed E-state index contributed by atoms with van der Waals surface area (Å²) in [6.07, 6.45) is 0. The molecule has 0 bridgehead atoms. The van der Waals surface area contributed by atoms with Crippen molar-refractivity contribution in [3.05, 3.63) is 29.3 Å². The Hall–Kier alpha value is -1.84. The highest BCUT2D eigenvalue weighted by atomic mass is 16.2. The number of benzene rings is 1. The standard InChI is InChI=1S/C14H20N2O2/c1-9-6-7-11(8-10(9)2)15-12(17)13(18)16-14(3,4)5/h6-8H,1-5H3,(H,15,17)(H,16,18). The van der Waals surface area contributed by atoms with Crippen LogP contribution in [0.5, 0.6) is 0 Å². The number of amides is 2. The molecule has 0 heterocycles. The number of hydrogen-bond donors (Lipinski definition) is 2. The van der Waals surface area contributed by atoms with Gasteiger partial charge in [0.05, 0.1) is 0 Å². The lowest BCUT2D eigenvalue weighted by molar-refractivity contribution is -0.137. The van der Waals surface area contributed by atoms with Gasteiger partial charge < -0.3 is 10.6 Å². The number of anilines is 1. The van der Waals surface area contributed by atoms with Crippen LogP contribution in [-0.2, 0) is 9.59 Å². The number of aryl methyl sites for hydroxylation is 2. The smallest absolute Gasteiger partial charge is 0.313 e. The van der Waals surface area contributed by atoms with Crippen molar-refractivity contribution in [2.24, 2.45) is 0 Å². The van der Waals surface area contributed by atoms with Gasteiger partial charge >= 0.3 is 11.8 Å². The monoisotopic (exact) mass is 248 g/mol. The minimum atomic E-state index is -0.645. The van der Waals surface area contributed by atoms with Gasteiger partial charge in [-0.15, -0.1) is 0 Å². The molecule has 1 rings (SSSR count). The van der Waals surface area contributed by atoms with E-state index in [1.165, 1.54) is 0 Å². The number of carbonyl (C=O) groups is 2. The number of hydrogen-bond acceptors (Lipinski definition) is 2. The molecule has 4 heteroatoms. The zero-order chi connectivity index (χ0) is 13.9. The largest absolute Gasteiger partial charge is 0.343 e. The summed E-state index contributed by atoms with van der Waals surface area (Å²) in [7, 11) is 0. The summed E-state index contributed by atoms with van der Waals surface area (Å²) in [5.41, 5.74) is 2.43.